The number of aryl methyl sites for hydroxylation is 1. The highest BCUT2D eigenvalue weighted by atomic mass is 32.2. The molecular weight excluding hydrogens is 176 g/mol. The topological polar surface area (TPSA) is 43.4 Å². The fourth-order valence-electron chi connectivity index (χ4n) is 0.922. The maximum atomic E-state index is 10.6. The average molecular weight is 186 g/mol. The van der Waals surface area contributed by atoms with Gasteiger partial charge in [0.25, 0.3) is 0 Å². The molecule has 3 nitrogen and oxygen atoms in total. The highest BCUT2D eigenvalue weighted by molar-refractivity contribution is 7.72. The minimum atomic E-state index is -2.51. The molecule has 0 fully saturated rings. The van der Waals surface area contributed by atoms with Crippen LogP contribution in [0, 0.1) is 6.92 Å². The van der Waals surface area contributed by atoms with E-state index in [2.05, 4.69) is 0 Å². The van der Waals surface area contributed by atoms with Crippen LogP contribution in [-0.2, 0) is 10.7 Å². The number of hydrogen-bond donors (Lipinski definition) is 1. The van der Waals surface area contributed by atoms with Crippen molar-refractivity contribution < 1.29 is 13.2 Å². The van der Waals surface area contributed by atoms with Crippen LogP contribution in [-0.4, -0.2) is 15.5 Å². The molecule has 0 aromatic heterocycles. The zero-order chi connectivity index (χ0) is 9.14. The van der Waals surface area contributed by atoms with E-state index < -0.39 is 10.7 Å². The second kappa shape index (κ2) is 3.58. The number of benzene rings is 1. The Morgan fingerprint density at radius 2 is 2.00 bits per heavy atom. The summed E-state index contributed by atoms with van der Waals surface area (Å²) in [5.41, 5.74) is 0.929. The van der Waals surface area contributed by atoms with Gasteiger partial charge < -0.3 is 4.74 Å². The summed E-state index contributed by atoms with van der Waals surface area (Å²) in [6, 6.07) is 4.80. The van der Waals surface area contributed by atoms with E-state index in [1.54, 1.807) is 12.1 Å². The minimum Gasteiger partial charge on any atom is -0.496 e. The van der Waals surface area contributed by atoms with E-state index in [0.717, 1.165) is 5.56 Å². The number of thiol groups is 1. The van der Waals surface area contributed by atoms with Gasteiger partial charge in [-0.1, -0.05) is 6.07 Å². The Morgan fingerprint density at radius 3 is 2.50 bits per heavy atom. The molecule has 0 radical (unpaired) electrons. The molecule has 1 aromatic rings. The lowest BCUT2D eigenvalue weighted by Gasteiger charge is -2.03. The van der Waals surface area contributed by atoms with Gasteiger partial charge in [0.05, 0.1) is 12.0 Å². The van der Waals surface area contributed by atoms with Gasteiger partial charge in [0, 0.05) is 0 Å². The zero-order valence-corrected chi connectivity index (χ0v) is 7.80. The molecule has 0 unspecified atom stereocenters. The lowest BCUT2D eigenvalue weighted by Crippen LogP contribution is -1.88. The van der Waals surface area contributed by atoms with Crippen molar-refractivity contribution in [2.75, 3.05) is 7.11 Å². The molecule has 66 valence electrons. The standard InChI is InChI=1S/C8H10O3S/c1-6-3-4-7(12(9)10)5-8(6)11-2/h3-5,12H,1-2H3. The van der Waals surface area contributed by atoms with Crippen molar-refractivity contribution in [2.45, 2.75) is 11.8 Å². The van der Waals surface area contributed by atoms with E-state index >= 15 is 0 Å². The molecule has 0 aliphatic carbocycles. The lowest BCUT2D eigenvalue weighted by atomic mass is 10.2. The smallest absolute Gasteiger partial charge is 0.168 e. The predicted molar refractivity (Wildman–Crippen MR) is 46.3 cm³/mol. The molecule has 0 aliphatic heterocycles. The summed E-state index contributed by atoms with van der Waals surface area (Å²) < 4.78 is 26.1. The molecule has 12 heavy (non-hydrogen) atoms. The first-order valence-electron chi connectivity index (χ1n) is 3.44. The van der Waals surface area contributed by atoms with Gasteiger partial charge in [-0.05, 0) is 24.6 Å². The van der Waals surface area contributed by atoms with Crippen LogP contribution < -0.4 is 4.74 Å². The van der Waals surface area contributed by atoms with Crippen molar-refractivity contribution in [1.82, 2.24) is 0 Å². The maximum absolute atomic E-state index is 10.6. The first-order chi connectivity index (χ1) is 5.65. The van der Waals surface area contributed by atoms with Crippen LogP contribution in [0.15, 0.2) is 23.1 Å². The largest absolute Gasteiger partial charge is 0.496 e. The van der Waals surface area contributed by atoms with Crippen molar-refractivity contribution in [3.8, 4) is 5.75 Å². The number of ether oxygens (including phenoxy) is 1. The molecule has 0 spiro atoms. The summed E-state index contributed by atoms with van der Waals surface area (Å²) in [6.07, 6.45) is 0. The van der Waals surface area contributed by atoms with Crippen LogP contribution in [0.1, 0.15) is 5.56 Å². The summed E-state index contributed by atoms with van der Waals surface area (Å²) in [4.78, 5) is 0.285. The van der Waals surface area contributed by atoms with Gasteiger partial charge in [0.15, 0.2) is 10.7 Å². The minimum absolute atomic E-state index is 0.285. The molecule has 0 amide bonds. The predicted octanol–water partition coefficient (Wildman–Crippen LogP) is 0.974. The molecule has 1 aromatic carbocycles. The molecule has 0 heterocycles. The summed E-state index contributed by atoms with van der Waals surface area (Å²) >= 11 is 0. The van der Waals surface area contributed by atoms with Crippen molar-refractivity contribution in [3.05, 3.63) is 23.8 Å². The Kier molecular flexibility index (Phi) is 2.70. The second-order valence-electron chi connectivity index (χ2n) is 2.41. The highest BCUT2D eigenvalue weighted by Gasteiger charge is 2.00. The van der Waals surface area contributed by atoms with Gasteiger partial charge in [-0.25, -0.2) is 8.42 Å². The van der Waals surface area contributed by atoms with Crippen LogP contribution in [0.5, 0.6) is 5.75 Å². The average Bonchev–Trinajstić information content (AvgIpc) is 2.05. The Balaban J connectivity index is 3.22. The second-order valence-corrected chi connectivity index (χ2v) is 3.44. The molecular formula is C8H10O3S. The van der Waals surface area contributed by atoms with Crippen LogP contribution in [0.25, 0.3) is 0 Å². The summed E-state index contributed by atoms with van der Waals surface area (Å²) in [6.45, 7) is 1.86. The van der Waals surface area contributed by atoms with Crippen molar-refractivity contribution in [3.63, 3.8) is 0 Å². The fraction of sp³-hybridized carbons (Fsp3) is 0.250. The Morgan fingerprint density at radius 1 is 1.33 bits per heavy atom. The quantitative estimate of drug-likeness (QED) is 0.700. The SMILES string of the molecule is COc1cc([SH](=O)=O)ccc1C. The molecule has 0 saturated heterocycles. The van der Waals surface area contributed by atoms with Crippen molar-refractivity contribution in [1.29, 1.82) is 0 Å². The maximum Gasteiger partial charge on any atom is 0.168 e. The monoisotopic (exact) mass is 186 g/mol. The van der Waals surface area contributed by atoms with Crippen LogP contribution in [0.4, 0.5) is 0 Å². The first kappa shape index (κ1) is 9.06. The third kappa shape index (κ3) is 1.76. The molecule has 0 saturated carbocycles. The van der Waals surface area contributed by atoms with Crippen LogP contribution >= 0.6 is 0 Å². The number of hydrogen-bond acceptors (Lipinski definition) is 3. The highest BCUT2D eigenvalue weighted by Crippen LogP contribution is 2.19. The van der Waals surface area contributed by atoms with Crippen molar-refractivity contribution >= 4 is 10.7 Å². The van der Waals surface area contributed by atoms with E-state index in [4.69, 9.17) is 4.74 Å². The third-order valence-electron chi connectivity index (χ3n) is 1.60. The Hall–Kier alpha value is -1.03. The molecule has 0 N–H and O–H groups in total. The Labute approximate surface area is 72.9 Å². The number of methoxy groups -OCH3 is 1. The van der Waals surface area contributed by atoms with E-state index in [-0.39, 0.29) is 4.90 Å². The zero-order valence-electron chi connectivity index (χ0n) is 6.90. The van der Waals surface area contributed by atoms with Crippen LogP contribution in [0.2, 0.25) is 0 Å². The van der Waals surface area contributed by atoms with Crippen LogP contribution in [0.3, 0.4) is 0 Å². The summed E-state index contributed by atoms with van der Waals surface area (Å²) in [5, 5.41) is 0. The molecule has 0 bridgehead atoms. The third-order valence-corrected chi connectivity index (χ3v) is 2.30. The molecule has 0 atom stereocenters. The van der Waals surface area contributed by atoms with E-state index in [1.807, 2.05) is 6.92 Å². The van der Waals surface area contributed by atoms with Gasteiger partial charge >= 0.3 is 0 Å². The van der Waals surface area contributed by atoms with E-state index in [9.17, 15) is 8.42 Å². The summed E-state index contributed by atoms with van der Waals surface area (Å²) in [5.74, 6) is 0.603. The van der Waals surface area contributed by atoms with Gasteiger partial charge in [0.2, 0.25) is 0 Å². The number of rotatable bonds is 2. The van der Waals surface area contributed by atoms with Crippen molar-refractivity contribution in [2.24, 2.45) is 0 Å². The van der Waals surface area contributed by atoms with Gasteiger partial charge in [-0.3, -0.25) is 0 Å². The van der Waals surface area contributed by atoms with E-state index in [0.29, 0.717) is 5.75 Å². The first-order valence-corrected chi connectivity index (χ1v) is 4.62. The Bertz CT molecular complexity index is 347. The normalized spacial score (nSPS) is 10.2. The van der Waals surface area contributed by atoms with Gasteiger partial charge in [-0.15, -0.1) is 0 Å². The van der Waals surface area contributed by atoms with Gasteiger partial charge in [-0.2, -0.15) is 0 Å². The van der Waals surface area contributed by atoms with Gasteiger partial charge in [0.1, 0.15) is 5.75 Å². The lowest BCUT2D eigenvalue weighted by molar-refractivity contribution is 0.410. The molecule has 1 rings (SSSR count). The molecule has 0 aliphatic rings. The summed E-state index contributed by atoms with van der Waals surface area (Å²) in [7, 11) is -0.992. The van der Waals surface area contributed by atoms with E-state index in [1.165, 1.54) is 13.2 Å². The molecule has 4 heteroatoms. The fourth-order valence-corrected chi connectivity index (χ4v) is 1.34.